The quantitative estimate of drug-likeness (QED) is 0.316. The van der Waals surface area contributed by atoms with Crippen molar-refractivity contribution in [2.45, 2.75) is 57.5 Å². The lowest BCUT2D eigenvalue weighted by atomic mass is 10.0. The third-order valence-corrected chi connectivity index (χ3v) is 5.36. The van der Waals surface area contributed by atoms with Gasteiger partial charge in [0.1, 0.15) is 31.1 Å². The summed E-state index contributed by atoms with van der Waals surface area (Å²) in [5.41, 5.74) is 0.960. The van der Waals surface area contributed by atoms with Crippen LogP contribution in [0, 0.1) is 0 Å². The third-order valence-electron chi connectivity index (χ3n) is 4.40. The number of nitrogens with zero attached hydrogens (tertiary/aromatic N) is 6. The summed E-state index contributed by atoms with van der Waals surface area (Å²) in [5.74, 6) is 0. The highest BCUT2D eigenvalue weighted by Crippen LogP contribution is 2.29. The smallest absolute Gasteiger partial charge is 0.397 e. The van der Waals surface area contributed by atoms with Crippen LogP contribution in [0.5, 0.6) is 0 Å². The first-order valence-electron chi connectivity index (χ1n) is 9.39. The number of aryl methyl sites for hydroxylation is 1. The summed E-state index contributed by atoms with van der Waals surface area (Å²) in [6.45, 7) is 1.51. The van der Waals surface area contributed by atoms with E-state index in [4.69, 9.17) is 18.9 Å². The minimum absolute atomic E-state index is 0.146. The molecule has 0 radical (unpaired) electrons. The van der Waals surface area contributed by atoms with Crippen LogP contribution >= 0.6 is 0 Å². The van der Waals surface area contributed by atoms with Gasteiger partial charge in [0.2, 0.25) is 0 Å². The van der Waals surface area contributed by atoms with Crippen molar-refractivity contribution in [2.24, 2.45) is 0 Å². The van der Waals surface area contributed by atoms with Gasteiger partial charge in [-0.1, -0.05) is 17.0 Å². The fourth-order valence-corrected chi connectivity index (χ4v) is 4.08. The monoisotopic (exact) mass is 514 g/mol. The van der Waals surface area contributed by atoms with Gasteiger partial charge in [-0.05, 0) is 11.6 Å². The van der Waals surface area contributed by atoms with E-state index >= 15 is 0 Å². The molecule has 33 heavy (non-hydrogen) atoms. The maximum Gasteiger partial charge on any atom is 0.397 e. The fourth-order valence-electron chi connectivity index (χ4n) is 3.05. The first-order chi connectivity index (χ1) is 15.5. The molecule has 2 N–H and O–H groups in total. The number of ether oxygens (including phenoxy) is 2. The molecule has 3 rings (SSSR count). The number of aromatic nitrogens is 6. The third kappa shape index (κ3) is 7.64. The average Bonchev–Trinajstić information content (AvgIpc) is 3.36. The zero-order chi connectivity index (χ0) is 24.2. The maximum atomic E-state index is 11.4. The lowest BCUT2D eigenvalue weighted by Crippen LogP contribution is -2.54. The van der Waals surface area contributed by atoms with Gasteiger partial charge < -0.3 is 14.3 Å². The summed E-state index contributed by atoms with van der Waals surface area (Å²) >= 11 is 0. The van der Waals surface area contributed by atoms with Gasteiger partial charge in [-0.25, -0.2) is 13.0 Å². The van der Waals surface area contributed by atoms with Crippen LogP contribution in [0.2, 0.25) is 0 Å². The van der Waals surface area contributed by atoms with Crippen LogP contribution < -0.4 is 4.84 Å². The molecule has 0 aromatic carbocycles. The Bertz CT molecular complexity index is 1130. The van der Waals surface area contributed by atoms with Gasteiger partial charge in [-0.15, -0.1) is 10.2 Å². The molecule has 0 bridgehead atoms. The summed E-state index contributed by atoms with van der Waals surface area (Å²) in [6.07, 6.45) is -2.59. The van der Waals surface area contributed by atoms with E-state index in [2.05, 4.69) is 29.0 Å². The highest BCUT2D eigenvalue weighted by atomic mass is 32.3. The zero-order valence-corrected chi connectivity index (χ0v) is 19.0. The molecule has 0 spiro atoms. The van der Waals surface area contributed by atoms with E-state index in [9.17, 15) is 21.4 Å². The Hall–Kier alpha value is -2.26. The molecular formula is C14H22N6O11S2. The number of hydrogen-bond acceptors (Lipinski definition) is 13. The minimum atomic E-state index is -5.07. The van der Waals surface area contributed by atoms with Gasteiger partial charge in [0.25, 0.3) is 0 Å². The Morgan fingerprint density at radius 2 is 1.79 bits per heavy atom. The molecule has 1 aliphatic rings. The molecule has 17 nitrogen and oxygen atoms in total. The summed E-state index contributed by atoms with van der Waals surface area (Å²) in [5, 5.41) is 15.2. The molecule has 0 unspecified atom stereocenters. The Balaban J connectivity index is 1.83. The molecule has 1 fully saturated rings. The van der Waals surface area contributed by atoms with Crippen LogP contribution in [0.1, 0.15) is 24.7 Å². The van der Waals surface area contributed by atoms with Gasteiger partial charge in [0.05, 0.1) is 25.0 Å². The molecule has 1 aliphatic heterocycles. The SMILES string of the molecule is CCc1cn(C[C@@H]2O[C@H](OCc3cn(OC)nn3)C[C@H](OS(=O)(=O)O)[C@H]2OS(=O)(=O)O)nn1. The molecule has 2 aromatic rings. The average molecular weight is 514 g/mol. The van der Waals surface area contributed by atoms with Crippen LogP contribution in [0.4, 0.5) is 0 Å². The highest BCUT2D eigenvalue weighted by molar-refractivity contribution is 7.81. The van der Waals surface area contributed by atoms with Gasteiger partial charge >= 0.3 is 20.8 Å². The summed E-state index contributed by atoms with van der Waals surface area (Å²) < 4.78 is 85.7. The molecule has 0 aliphatic carbocycles. The zero-order valence-electron chi connectivity index (χ0n) is 17.4. The molecule has 19 heteroatoms. The lowest BCUT2D eigenvalue weighted by molar-refractivity contribution is -0.249. The van der Waals surface area contributed by atoms with Gasteiger partial charge in [-0.2, -0.15) is 16.8 Å². The van der Waals surface area contributed by atoms with Gasteiger partial charge in [-0.3, -0.25) is 9.11 Å². The standard InChI is InChI=1S/C14H22N6O11S2/c1-3-9-5-19(17-15-9)7-12-14(31-33(24,25)26)11(30-32(21,22)23)4-13(29-12)28-8-10-6-20(27-2)18-16-10/h5-6,11-14H,3-4,7-8H2,1-2H3,(H,21,22,23)(H,24,25,26)/t11-,12-,13-,14+/m0/s1. The van der Waals surface area contributed by atoms with Crippen LogP contribution in [0.15, 0.2) is 12.4 Å². The Morgan fingerprint density at radius 3 is 2.36 bits per heavy atom. The first-order valence-corrected chi connectivity index (χ1v) is 12.1. The van der Waals surface area contributed by atoms with E-state index in [0.717, 1.165) is 4.85 Å². The second-order valence-electron chi connectivity index (χ2n) is 6.78. The van der Waals surface area contributed by atoms with Crippen molar-refractivity contribution in [2.75, 3.05) is 7.11 Å². The van der Waals surface area contributed by atoms with Crippen molar-refractivity contribution in [3.8, 4) is 0 Å². The van der Waals surface area contributed by atoms with E-state index in [1.807, 2.05) is 6.92 Å². The first kappa shape index (κ1) is 25.4. The second kappa shape index (κ2) is 10.3. The van der Waals surface area contributed by atoms with Crippen LogP contribution in [-0.2, 0) is 58.2 Å². The van der Waals surface area contributed by atoms with Crippen molar-refractivity contribution in [3.05, 3.63) is 23.8 Å². The number of rotatable bonds is 11. The van der Waals surface area contributed by atoms with Crippen LogP contribution in [0.3, 0.4) is 0 Å². The molecule has 0 saturated carbocycles. The predicted molar refractivity (Wildman–Crippen MR) is 103 cm³/mol. The van der Waals surface area contributed by atoms with Gasteiger partial charge in [0, 0.05) is 12.6 Å². The molecule has 2 aromatic heterocycles. The maximum absolute atomic E-state index is 11.4. The predicted octanol–water partition coefficient (Wildman–Crippen LogP) is -1.80. The largest absolute Gasteiger partial charge is 0.399 e. The van der Waals surface area contributed by atoms with Crippen molar-refractivity contribution in [3.63, 3.8) is 0 Å². The topological polar surface area (TPSA) is 216 Å². The summed E-state index contributed by atoms with van der Waals surface area (Å²) in [6, 6.07) is 0. The molecular weight excluding hydrogens is 492 g/mol. The highest BCUT2D eigenvalue weighted by Gasteiger charge is 2.45. The Labute approximate surface area is 188 Å². The van der Waals surface area contributed by atoms with Gasteiger partial charge in [0.15, 0.2) is 6.29 Å². The molecule has 4 atom stereocenters. The van der Waals surface area contributed by atoms with E-state index in [1.165, 1.54) is 18.0 Å². The molecule has 0 amide bonds. The van der Waals surface area contributed by atoms with Crippen molar-refractivity contribution in [1.29, 1.82) is 0 Å². The van der Waals surface area contributed by atoms with E-state index < -0.39 is 51.8 Å². The second-order valence-corrected chi connectivity index (χ2v) is 8.88. The molecule has 3 heterocycles. The normalized spacial score (nSPS) is 24.1. The molecule has 1 saturated heterocycles. The van der Waals surface area contributed by atoms with Crippen molar-refractivity contribution >= 4 is 20.8 Å². The summed E-state index contributed by atoms with van der Waals surface area (Å²) in [7, 11) is -8.74. The van der Waals surface area contributed by atoms with Crippen molar-refractivity contribution in [1.82, 2.24) is 30.2 Å². The van der Waals surface area contributed by atoms with Crippen LogP contribution in [0.25, 0.3) is 0 Å². The van der Waals surface area contributed by atoms with E-state index in [-0.39, 0.29) is 13.2 Å². The fraction of sp³-hybridized carbons (Fsp3) is 0.714. The molecule has 186 valence electrons. The number of hydrogen-bond donors (Lipinski definition) is 2. The minimum Gasteiger partial charge on any atom is -0.399 e. The van der Waals surface area contributed by atoms with Crippen molar-refractivity contribution < 1.29 is 48.6 Å². The van der Waals surface area contributed by atoms with Crippen LogP contribution in [-0.4, -0.2) is 87.8 Å². The van der Waals surface area contributed by atoms with E-state index in [0.29, 0.717) is 17.8 Å². The Kier molecular flexibility index (Phi) is 7.95. The lowest BCUT2D eigenvalue weighted by Gasteiger charge is -2.39. The summed E-state index contributed by atoms with van der Waals surface area (Å²) in [4.78, 5) is 5.91. The van der Waals surface area contributed by atoms with E-state index in [1.54, 1.807) is 6.20 Å². The Morgan fingerprint density at radius 1 is 1.09 bits per heavy atom.